The Balaban J connectivity index is 0.000000152. The van der Waals surface area contributed by atoms with Crippen molar-refractivity contribution in [2.45, 2.75) is 39.5 Å². The van der Waals surface area contributed by atoms with Crippen molar-refractivity contribution in [1.82, 2.24) is 29.5 Å². The molecule has 12 nitrogen and oxygen atoms in total. The summed E-state index contributed by atoms with van der Waals surface area (Å²) in [6, 6.07) is 7.33. The molecule has 48 heavy (non-hydrogen) atoms. The van der Waals surface area contributed by atoms with Crippen LogP contribution in [0.4, 0.5) is 0 Å². The zero-order chi connectivity index (χ0) is 33.7. The summed E-state index contributed by atoms with van der Waals surface area (Å²) in [4.78, 5) is 32.9. The van der Waals surface area contributed by atoms with Gasteiger partial charge in [-0.15, -0.1) is 0 Å². The van der Waals surface area contributed by atoms with Gasteiger partial charge < -0.3 is 20.3 Å². The maximum absolute atomic E-state index is 11.9. The quantitative estimate of drug-likeness (QED) is 0.206. The van der Waals surface area contributed by atoms with Gasteiger partial charge in [0.25, 0.3) is 5.91 Å². The number of amides is 1. The van der Waals surface area contributed by atoms with E-state index in [0.29, 0.717) is 37.8 Å². The molecule has 6 aromatic heterocycles. The maximum atomic E-state index is 11.9. The van der Waals surface area contributed by atoms with Crippen molar-refractivity contribution in [2.75, 3.05) is 0 Å². The Hall–Kier alpha value is -5.34. The van der Waals surface area contributed by atoms with Crippen LogP contribution in [0.3, 0.4) is 0 Å². The van der Waals surface area contributed by atoms with Crippen molar-refractivity contribution in [3.05, 3.63) is 92.4 Å². The molecule has 0 saturated heterocycles. The number of aryl methyl sites for hydroxylation is 6. The topological polar surface area (TPSA) is 160 Å². The Morgan fingerprint density at radius 2 is 1.23 bits per heavy atom. The van der Waals surface area contributed by atoms with Gasteiger partial charge in [-0.2, -0.15) is 10.2 Å². The van der Waals surface area contributed by atoms with E-state index in [4.69, 9.17) is 15.2 Å². The Morgan fingerprint density at radius 3 is 1.67 bits per heavy atom. The fraction of sp³-hybridized carbons (Fsp3) is 0.235. The van der Waals surface area contributed by atoms with E-state index in [0.717, 1.165) is 75.4 Å². The minimum Gasteiger partial charge on any atom is -0.477 e. The highest BCUT2D eigenvalue weighted by molar-refractivity contribution is 7.17. The number of thiophene rings is 2. The van der Waals surface area contributed by atoms with Crippen LogP contribution in [0.2, 0.25) is 0 Å². The second kappa shape index (κ2) is 12.4. The fourth-order valence-electron chi connectivity index (χ4n) is 6.21. The molecular weight excluding hydrogens is 651 g/mol. The molecule has 1 amide bonds. The molecule has 0 atom stereocenters. The van der Waals surface area contributed by atoms with Gasteiger partial charge in [-0.1, -0.05) is 22.7 Å². The summed E-state index contributed by atoms with van der Waals surface area (Å²) in [7, 11) is 3.76. The van der Waals surface area contributed by atoms with Crippen molar-refractivity contribution in [3.63, 3.8) is 0 Å². The number of nitrogens with two attached hydrogens (primary N) is 1. The number of aromatic carboxylic acids is 1. The molecule has 0 spiro atoms. The number of rotatable bonds is 6. The first-order valence-corrected chi connectivity index (χ1v) is 16.8. The number of aromatic nitrogens is 6. The molecule has 6 aromatic rings. The highest BCUT2D eigenvalue weighted by Gasteiger charge is 2.33. The van der Waals surface area contributed by atoms with Crippen molar-refractivity contribution < 1.29 is 24.2 Å². The average molecular weight is 682 g/mol. The van der Waals surface area contributed by atoms with E-state index in [9.17, 15) is 14.7 Å². The first kappa shape index (κ1) is 31.3. The van der Waals surface area contributed by atoms with Gasteiger partial charge in [-0.25, -0.2) is 4.79 Å². The molecule has 0 fully saturated rings. The second-order valence-electron chi connectivity index (χ2n) is 11.5. The van der Waals surface area contributed by atoms with E-state index < -0.39 is 11.9 Å². The number of hydrogen-bond donors (Lipinski definition) is 2. The van der Waals surface area contributed by atoms with E-state index in [1.807, 2.05) is 63.2 Å². The molecule has 0 aliphatic heterocycles. The molecule has 2 aliphatic carbocycles. The number of ether oxygens (including phenoxy) is 2. The van der Waals surface area contributed by atoms with Gasteiger partial charge in [0.15, 0.2) is 10.1 Å². The van der Waals surface area contributed by atoms with Crippen molar-refractivity contribution in [1.29, 1.82) is 0 Å². The first-order chi connectivity index (χ1) is 23.1. The molecule has 14 heteroatoms. The van der Waals surface area contributed by atoms with Gasteiger partial charge in [-0.05, 0) is 86.1 Å². The Labute approximate surface area is 283 Å². The molecule has 3 N–H and O–H groups in total. The normalized spacial score (nSPS) is 12.6. The molecule has 6 heterocycles. The molecule has 0 saturated carbocycles. The third-order valence-corrected chi connectivity index (χ3v) is 10.7. The van der Waals surface area contributed by atoms with Crippen LogP contribution in [0.1, 0.15) is 53.0 Å². The summed E-state index contributed by atoms with van der Waals surface area (Å²) in [5.74, 6) is -0.0288. The Bertz CT molecular complexity index is 2070. The Morgan fingerprint density at radius 1 is 0.771 bits per heavy atom. The number of carbonyl (C=O) groups excluding carboxylic acids is 1. The minimum atomic E-state index is -0.917. The zero-order valence-corrected chi connectivity index (χ0v) is 28.2. The number of pyridine rings is 2. The first-order valence-electron chi connectivity index (χ1n) is 15.2. The molecule has 0 aromatic carbocycles. The second-order valence-corrected chi connectivity index (χ2v) is 13.4. The molecule has 244 valence electrons. The fourth-order valence-corrected chi connectivity index (χ4v) is 8.33. The van der Waals surface area contributed by atoms with Crippen molar-refractivity contribution >= 4 is 34.6 Å². The molecular formula is C34H31N7O5S2. The number of hydrogen-bond acceptors (Lipinski definition) is 10. The number of carboxylic acids is 1. The number of carbonyl (C=O) groups is 2. The predicted octanol–water partition coefficient (Wildman–Crippen LogP) is 6.28. The van der Waals surface area contributed by atoms with Gasteiger partial charge in [0.2, 0.25) is 0 Å². The molecule has 0 unspecified atom stereocenters. The summed E-state index contributed by atoms with van der Waals surface area (Å²) in [6.45, 7) is 3.75. The standard InChI is InChI=1S/C17H16N4O2S.C17H15N3O3S/c1-9-12(4-3-7-19-9)23-17-13-11(15(24-17)16(18)22)6-5-10-8-20-21(2)14(10)13;1-9-12(4-3-7-18-9)23-17-13-11(15(24-17)16(21)22)6-5-10-8-19-20(2)14(10)13/h3-4,7-8H,5-6H2,1-2H3,(H2,18,22);3-4,7-8H,5-6H2,1-2H3,(H,21,22). The lowest BCUT2D eigenvalue weighted by Crippen LogP contribution is -2.13. The number of primary amides is 1. The van der Waals surface area contributed by atoms with E-state index in [-0.39, 0.29) is 0 Å². The lowest BCUT2D eigenvalue weighted by atomic mass is 9.91. The van der Waals surface area contributed by atoms with Gasteiger partial charge in [0, 0.05) is 26.5 Å². The number of fused-ring (bicyclic) bond motifs is 6. The molecule has 2 aliphatic rings. The molecule has 0 bridgehead atoms. The van der Waals surface area contributed by atoms with Crippen LogP contribution in [0.25, 0.3) is 22.5 Å². The summed E-state index contributed by atoms with van der Waals surface area (Å²) in [5.41, 5.74) is 14.9. The Kier molecular flexibility index (Phi) is 8.05. The van der Waals surface area contributed by atoms with E-state index >= 15 is 0 Å². The van der Waals surface area contributed by atoms with Gasteiger partial charge in [-0.3, -0.25) is 24.1 Å². The van der Waals surface area contributed by atoms with Crippen molar-refractivity contribution in [2.24, 2.45) is 19.8 Å². The predicted molar refractivity (Wildman–Crippen MR) is 181 cm³/mol. The smallest absolute Gasteiger partial charge is 0.346 e. The maximum Gasteiger partial charge on any atom is 0.346 e. The lowest BCUT2D eigenvalue weighted by molar-refractivity contribution is 0.0700. The molecule has 0 radical (unpaired) electrons. The van der Waals surface area contributed by atoms with Crippen LogP contribution in [-0.2, 0) is 39.8 Å². The van der Waals surface area contributed by atoms with Crippen LogP contribution >= 0.6 is 22.7 Å². The van der Waals surface area contributed by atoms with E-state index in [2.05, 4.69) is 20.2 Å². The third-order valence-electron chi connectivity index (χ3n) is 8.48. The van der Waals surface area contributed by atoms with Crippen LogP contribution in [0.5, 0.6) is 21.6 Å². The third kappa shape index (κ3) is 5.42. The van der Waals surface area contributed by atoms with Crippen LogP contribution in [0, 0.1) is 13.8 Å². The van der Waals surface area contributed by atoms with Crippen LogP contribution in [0.15, 0.2) is 49.1 Å². The summed E-state index contributed by atoms with van der Waals surface area (Å²) in [5, 5.41) is 19.5. The molecule has 8 rings (SSSR count). The summed E-state index contributed by atoms with van der Waals surface area (Å²) >= 11 is 2.47. The summed E-state index contributed by atoms with van der Waals surface area (Å²) < 4.78 is 15.8. The highest BCUT2D eigenvalue weighted by Crippen LogP contribution is 2.50. The van der Waals surface area contributed by atoms with Crippen molar-refractivity contribution in [3.8, 4) is 44.1 Å². The van der Waals surface area contributed by atoms with Crippen LogP contribution < -0.4 is 15.2 Å². The number of carboxylic acid groups (broad SMARTS) is 1. The largest absolute Gasteiger partial charge is 0.477 e. The monoisotopic (exact) mass is 681 g/mol. The average Bonchev–Trinajstić information content (AvgIpc) is 3.83. The number of nitrogens with zero attached hydrogens (tertiary/aromatic N) is 6. The van der Waals surface area contributed by atoms with Crippen LogP contribution in [-0.4, -0.2) is 46.5 Å². The minimum absolute atomic E-state index is 0.341. The van der Waals surface area contributed by atoms with Gasteiger partial charge >= 0.3 is 5.97 Å². The zero-order valence-electron chi connectivity index (χ0n) is 26.6. The van der Waals surface area contributed by atoms with Gasteiger partial charge in [0.1, 0.15) is 16.4 Å². The lowest BCUT2D eigenvalue weighted by Gasteiger charge is -2.16. The van der Waals surface area contributed by atoms with E-state index in [1.165, 1.54) is 22.7 Å². The van der Waals surface area contributed by atoms with E-state index in [1.54, 1.807) is 23.1 Å². The summed E-state index contributed by atoms with van der Waals surface area (Å²) in [6.07, 6.45) is 10.2. The van der Waals surface area contributed by atoms with Gasteiger partial charge in [0.05, 0.1) is 51.2 Å². The SMILES string of the molecule is Cc1ncccc1Oc1sc(C(=O)O)c2c1-c1c(cnn1C)CC2.Cc1ncccc1Oc1sc(C(N)=O)c2c1-c1c(cnn1C)CC2. The highest BCUT2D eigenvalue weighted by atomic mass is 32.1.